The van der Waals surface area contributed by atoms with Gasteiger partial charge >= 0.3 is 10.2 Å². The van der Waals surface area contributed by atoms with Crippen LogP contribution in [0.5, 0.6) is 0 Å². The highest BCUT2D eigenvalue weighted by molar-refractivity contribution is 7.90. The highest BCUT2D eigenvalue weighted by atomic mass is 32.2. The van der Waals surface area contributed by atoms with Crippen molar-refractivity contribution in [3.05, 3.63) is 30.3 Å². The van der Waals surface area contributed by atoms with E-state index < -0.39 is 10.2 Å². The lowest BCUT2D eigenvalue weighted by Gasteiger charge is -2.23. The van der Waals surface area contributed by atoms with E-state index >= 15 is 0 Å². The monoisotopic (exact) mass is 256 g/mol. The van der Waals surface area contributed by atoms with Crippen LogP contribution in [-0.4, -0.2) is 27.8 Å². The fourth-order valence-corrected chi connectivity index (χ4v) is 2.27. The fourth-order valence-electron chi connectivity index (χ4n) is 1.31. The summed E-state index contributed by atoms with van der Waals surface area (Å²) >= 11 is 0. The first kappa shape index (κ1) is 13.5. The van der Waals surface area contributed by atoms with Crippen LogP contribution in [0.4, 0.5) is 5.69 Å². The number of nitrogens with zero attached hydrogens (tertiary/aromatic N) is 1. The Bertz CT molecular complexity index is 472. The normalized spacial score (nSPS) is 11.1. The number of hydrogen-bond donors (Lipinski definition) is 3. The third kappa shape index (κ3) is 3.72. The van der Waals surface area contributed by atoms with Crippen molar-refractivity contribution in [1.82, 2.24) is 4.72 Å². The predicted molar refractivity (Wildman–Crippen MR) is 68.3 cm³/mol. The van der Waals surface area contributed by atoms with E-state index in [0.29, 0.717) is 5.69 Å². The Morgan fingerprint density at radius 3 is 2.47 bits per heavy atom. The van der Waals surface area contributed by atoms with E-state index in [1.165, 1.54) is 11.4 Å². The van der Waals surface area contributed by atoms with Gasteiger partial charge in [-0.2, -0.15) is 8.42 Å². The lowest BCUT2D eigenvalue weighted by atomic mass is 10.3. The standard InChI is InChI=1S/C10H16N4O2S/c1-13-17(15,16)14(8-7-10(11)12)9-5-3-2-4-6-9/h2-6,13H,7-8H2,1H3,(H3,11,12). The Morgan fingerprint density at radius 1 is 1.41 bits per heavy atom. The van der Waals surface area contributed by atoms with Crippen LogP contribution in [0, 0.1) is 5.41 Å². The molecule has 0 bridgehead atoms. The third-order valence-electron chi connectivity index (χ3n) is 2.18. The molecule has 94 valence electrons. The Balaban J connectivity index is 2.99. The highest BCUT2D eigenvalue weighted by Gasteiger charge is 2.20. The third-order valence-corrected chi connectivity index (χ3v) is 3.67. The molecule has 17 heavy (non-hydrogen) atoms. The first-order valence-corrected chi connectivity index (χ1v) is 6.50. The number of nitrogens with one attached hydrogen (secondary N) is 2. The molecule has 0 radical (unpaired) electrons. The number of hydrogen-bond acceptors (Lipinski definition) is 3. The Labute approximate surface area is 101 Å². The SMILES string of the molecule is CNS(=O)(=O)N(CCC(=N)N)c1ccccc1. The number of para-hydroxylation sites is 1. The lowest BCUT2D eigenvalue weighted by Crippen LogP contribution is -2.40. The van der Waals surface area contributed by atoms with Crippen molar-refractivity contribution in [3.8, 4) is 0 Å². The molecule has 1 aromatic rings. The molecule has 0 spiro atoms. The molecular weight excluding hydrogens is 240 g/mol. The van der Waals surface area contributed by atoms with E-state index in [9.17, 15) is 8.42 Å². The summed E-state index contributed by atoms with van der Waals surface area (Å²) in [4.78, 5) is 0. The Hall–Kier alpha value is -1.60. The van der Waals surface area contributed by atoms with E-state index in [4.69, 9.17) is 11.1 Å². The molecule has 0 heterocycles. The molecule has 6 nitrogen and oxygen atoms in total. The zero-order valence-corrected chi connectivity index (χ0v) is 10.4. The molecule has 4 N–H and O–H groups in total. The Kier molecular flexibility index (Phi) is 4.47. The van der Waals surface area contributed by atoms with E-state index in [0.717, 1.165) is 0 Å². The second-order valence-electron chi connectivity index (χ2n) is 3.39. The van der Waals surface area contributed by atoms with Gasteiger partial charge in [-0.15, -0.1) is 0 Å². The van der Waals surface area contributed by atoms with E-state index in [1.807, 2.05) is 0 Å². The topological polar surface area (TPSA) is 99.3 Å². The van der Waals surface area contributed by atoms with Gasteiger partial charge < -0.3 is 5.73 Å². The van der Waals surface area contributed by atoms with Crippen LogP contribution in [-0.2, 0) is 10.2 Å². The van der Waals surface area contributed by atoms with Gasteiger partial charge in [0.05, 0.1) is 11.5 Å². The van der Waals surface area contributed by atoms with Gasteiger partial charge in [0.1, 0.15) is 0 Å². The average Bonchev–Trinajstić information content (AvgIpc) is 2.30. The van der Waals surface area contributed by atoms with Crippen LogP contribution >= 0.6 is 0 Å². The number of rotatable bonds is 6. The van der Waals surface area contributed by atoms with Crippen molar-refractivity contribution in [2.45, 2.75) is 6.42 Å². The maximum atomic E-state index is 11.8. The minimum atomic E-state index is -3.58. The maximum absolute atomic E-state index is 11.8. The van der Waals surface area contributed by atoms with Gasteiger partial charge in [0.25, 0.3) is 0 Å². The van der Waals surface area contributed by atoms with E-state index in [2.05, 4.69) is 4.72 Å². The molecule has 1 rings (SSSR count). The molecule has 0 atom stereocenters. The van der Waals surface area contributed by atoms with Gasteiger partial charge in [-0.3, -0.25) is 9.71 Å². The maximum Gasteiger partial charge on any atom is 0.301 e. The van der Waals surface area contributed by atoms with Gasteiger partial charge in [-0.1, -0.05) is 18.2 Å². The van der Waals surface area contributed by atoms with Crippen molar-refractivity contribution in [1.29, 1.82) is 5.41 Å². The largest absolute Gasteiger partial charge is 0.388 e. The van der Waals surface area contributed by atoms with Crippen LogP contribution in [0.2, 0.25) is 0 Å². The van der Waals surface area contributed by atoms with Gasteiger partial charge in [-0.25, -0.2) is 4.72 Å². The minimum absolute atomic E-state index is 0.0442. The van der Waals surface area contributed by atoms with Crippen LogP contribution in [0.25, 0.3) is 0 Å². The zero-order valence-electron chi connectivity index (χ0n) is 9.55. The second kappa shape index (κ2) is 5.65. The zero-order chi connectivity index (χ0) is 12.9. The second-order valence-corrected chi connectivity index (χ2v) is 5.19. The van der Waals surface area contributed by atoms with Crippen LogP contribution in [0.3, 0.4) is 0 Å². The van der Waals surface area contributed by atoms with Crippen LogP contribution in [0.15, 0.2) is 30.3 Å². The van der Waals surface area contributed by atoms with Crippen molar-refractivity contribution in [2.75, 3.05) is 17.9 Å². The van der Waals surface area contributed by atoms with Crippen molar-refractivity contribution in [2.24, 2.45) is 5.73 Å². The van der Waals surface area contributed by atoms with Crippen LogP contribution in [0.1, 0.15) is 6.42 Å². The van der Waals surface area contributed by atoms with Crippen molar-refractivity contribution < 1.29 is 8.42 Å². The van der Waals surface area contributed by atoms with Gasteiger partial charge in [0.2, 0.25) is 0 Å². The molecular formula is C10H16N4O2S. The summed E-state index contributed by atoms with van der Waals surface area (Å²) in [7, 11) is -2.23. The Morgan fingerprint density at radius 2 is 2.00 bits per heavy atom. The number of anilines is 1. The molecule has 1 aromatic carbocycles. The van der Waals surface area contributed by atoms with E-state index in [-0.39, 0.29) is 18.8 Å². The van der Waals surface area contributed by atoms with Crippen molar-refractivity contribution in [3.63, 3.8) is 0 Å². The molecule has 0 aliphatic heterocycles. The summed E-state index contributed by atoms with van der Waals surface area (Å²) in [6.45, 7) is 0.141. The summed E-state index contributed by atoms with van der Waals surface area (Å²) in [6.07, 6.45) is 0.190. The summed E-state index contributed by atoms with van der Waals surface area (Å²) in [5.41, 5.74) is 5.79. The molecule has 0 fully saturated rings. The van der Waals surface area contributed by atoms with Gasteiger partial charge in [0.15, 0.2) is 0 Å². The number of benzene rings is 1. The average molecular weight is 256 g/mol. The highest BCUT2D eigenvalue weighted by Crippen LogP contribution is 2.16. The quantitative estimate of drug-likeness (QED) is 0.503. The predicted octanol–water partition coefficient (Wildman–Crippen LogP) is 0.283. The van der Waals surface area contributed by atoms with E-state index in [1.54, 1.807) is 30.3 Å². The molecule has 0 amide bonds. The van der Waals surface area contributed by atoms with Crippen LogP contribution < -0.4 is 14.8 Å². The molecule has 0 saturated heterocycles. The molecule has 0 saturated carbocycles. The van der Waals surface area contributed by atoms with Gasteiger partial charge in [-0.05, 0) is 12.1 Å². The fraction of sp³-hybridized carbons (Fsp3) is 0.300. The molecule has 0 aliphatic rings. The first-order valence-electron chi connectivity index (χ1n) is 5.06. The van der Waals surface area contributed by atoms with Crippen molar-refractivity contribution >= 4 is 21.7 Å². The summed E-state index contributed by atoms with van der Waals surface area (Å²) in [5.74, 6) is -0.0442. The minimum Gasteiger partial charge on any atom is -0.388 e. The molecule has 0 aromatic heterocycles. The lowest BCUT2D eigenvalue weighted by molar-refractivity contribution is 0.583. The number of nitrogens with two attached hydrogens (primary N) is 1. The molecule has 7 heteroatoms. The molecule has 0 aliphatic carbocycles. The smallest absolute Gasteiger partial charge is 0.301 e. The van der Waals surface area contributed by atoms with Gasteiger partial charge in [0, 0.05) is 20.0 Å². The summed E-state index contributed by atoms with van der Waals surface area (Å²) in [6, 6.07) is 8.69. The summed E-state index contributed by atoms with van der Waals surface area (Å²) < 4.78 is 27.1. The number of amidine groups is 1. The summed E-state index contributed by atoms with van der Waals surface area (Å²) in [5, 5.41) is 7.15. The first-order chi connectivity index (χ1) is 7.97. The molecule has 0 unspecified atom stereocenters.